The predicted molar refractivity (Wildman–Crippen MR) is 122 cm³/mol. The van der Waals surface area contributed by atoms with Gasteiger partial charge in [0.1, 0.15) is 16.8 Å². The summed E-state index contributed by atoms with van der Waals surface area (Å²) in [4.78, 5) is 13.3. The fraction of sp³-hybridized carbons (Fsp3) is 0.286. The van der Waals surface area contributed by atoms with Crippen LogP contribution < -0.4 is 15.5 Å². The molecule has 2 heterocycles. The Bertz CT molecular complexity index is 1100. The van der Waals surface area contributed by atoms with E-state index in [4.69, 9.17) is 4.74 Å². The molecule has 3 aromatic rings. The number of halogens is 1. The van der Waals surface area contributed by atoms with Crippen molar-refractivity contribution in [2.24, 2.45) is 0 Å². The van der Waals surface area contributed by atoms with Crippen LogP contribution in [-0.2, 0) is 4.79 Å². The van der Waals surface area contributed by atoms with E-state index in [2.05, 4.69) is 42.9 Å². The van der Waals surface area contributed by atoms with Gasteiger partial charge in [0.25, 0.3) is 0 Å². The number of fused-ring (bicyclic) bond motifs is 1. The van der Waals surface area contributed by atoms with Crippen molar-refractivity contribution in [3.8, 4) is 5.75 Å². The Hall–Kier alpha value is -2.52. The summed E-state index contributed by atoms with van der Waals surface area (Å²) in [5, 5.41) is 11.6. The van der Waals surface area contributed by atoms with Gasteiger partial charge in [-0.25, -0.2) is 4.68 Å². The van der Waals surface area contributed by atoms with Crippen LogP contribution in [0.3, 0.4) is 0 Å². The van der Waals surface area contributed by atoms with Gasteiger partial charge in [-0.05, 0) is 77.7 Å². The van der Waals surface area contributed by atoms with E-state index >= 15 is 0 Å². The average molecular weight is 488 g/mol. The molecule has 2 atom stereocenters. The van der Waals surface area contributed by atoms with Crippen molar-refractivity contribution in [2.75, 3.05) is 17.9 Å². The monoisotopic (exact) mass is 487 g/mol. The van der Waals surface area contributed by atoms with Crippen LogP contribution >= 0.6 is 27.7 Å². The van der Waals surface area contributed by atoms with Gasteiger partial charge in [-0.3, -0.25) is 4.79 Å². The summed E-state index contributed by atoms with van der Waals surface area (Å²) in [6.07, 6.45) is 0. The number of aromatic nitrogens is 3. The number of rotatable bonds is 4. The number of carbonyl (C=O) groups excluding carboxylic acids is 1. The lowest BCUT2D eigenvalue weighted by Gasteiger charge is -2.33. The molecule has 30 heavy (non-hydrogen) atoms. The molecular formula is C21H22BrN5O2S. The first-order valence-electron chi connectivity index (χ1n) is 9.43. The minimum absolute atomic E-state index is 0.0960. The Balaban J connectivity index is 1.69. The van der Waals surface area contributed by atoms with Crippen LogP contribution in [0.2, 0.25) is 0 Å². The number of hydrogen-bond acceptors (Lipinski definition) is 6. The zero-order chi connectivity index (χ0) is 21.4. The summed E-state index contributed by atoms with van der Waals surface area (Å²) in [6.45, 7) is 5.91. The Kier molecular flexibility index (Phi) is 5.75. The highest BCUT2D eigenvalue weighted by atomic mass is 79.9. The van der Waals surface area contributed by atoms with Crippen LogP contribution in [0.1, 0.15) is 28.6 Å². The number of hydrogen-bond donors (Lipinski definition) is 2. The zero-order valence-corrected chi connectivity index (χ0v) is 19.5. The number of nitrogens with zero attached hydrogens (tertiary/aromatic N) is 3. The number of anilines is 1. The molecule has 0 radical (unpaired) electrons. The normalized spacial score (nSPS) is 17.8. The van der Waals surface area contributed by atoms with E-state index in [9.17, 15) is 4.79 Å². The fourth-order valence-corrected chi connectivity index (χ4v) is 5.23. The van der Waals surface area contributed by atoms with Crippen molar-refractivity contribution in [1.29, 1.82) is 0 Å². The third-order valence-corrected chi connectivity index (χ3v) is 6.72. The van der Waals surface area contributed by atoms with Gasteiger partial charge in [-0.1, -0.05) is 23.9 Å². The molecule has 7 nitrogen and oxygen atoms in total. The number of amides is 1. The second kappa shape index (κ2) is 8.31. The summed E-state index contributed by atoms with van der Waals surface area (Å²) in [5.41, 5.74) is 7.36. The van der Waals surface area contributed by atoms with Crippen molar-refractivity contribution in [1.82, 2.24) is 14.9 Å². The summed E-state index contributed by atoms with van der Waals surface area (Å²) in [7, 11) is 1.63. The summed E-state index contributed by atoms with van der Waals surface area (Å²) < 4.78 is 8.00. The second-order valence-electron chi connectivity index (χ2n) is 7.27. The number of ether oxygens (including phenoxy) is 1. The second-order valence-corrected chi connectivity index (χ2v) is 9.23. The maximum atomic E-state index is 13.3. The minimum Gasteiger partial charge on any atom is -0.496 e. The molecule has 1 aromatic heterocycles. The molecule has 1 aliphatic heterocycles. The lowest BCUT2D eigenvalue weighted by molar-refractivity contribution is -0.116. The summed E-state index contributed by atoms with van der Waals surface area (Å²) in [5.74, 6) is 1.38. The SMILES string of the molecule is COc1ccc([C@@H]2Nn3c(C)nnc3S[C@@H]2C(=O)Nc2cc(C)cc(C)c2)cc1Br. The number of methoxy groups -OCH3 is 1. The molecule has 0 saturated carbocycles. The molecule has 0 spiro atoms. The van der Waals surface area contributed by atoms with Crippen molar-refractivity contribution >= 4 is 39.3 Å². The number of thioether (sulfide) groups is 1. The highest BCUT2D eigenvalue weighted by Gasteiger charge is 2.37. The average Bonchev–Trinajstić information content (AvgIpc) is 3.06. The number of benzene rings is 2. The Morgan fingerprint density at radius 3 is 2.57 bits per heavy atom. The largest absolute Gasteiger partial charge is 0.496 e. The Labute approximate surface area is 187 Å². The van der Waals surface area contributed by atoms with Crippen molar-refractivity contribution in [3.63, 3.8) is 0 Å². The van der Waals surface area contributed by atoms with Crippen LogP contribution in [0.5, 0.6) is 5.75 Å². The molecular weight excluding hydrogens is 466 g/mol. The molecule has 0 aliphatic carbocycles. The highest BCUT2D eigenvalue weighted by Crippen LogP contribution is 2.39. The smallest absolute Gasteiger partial charge is 0.240 e. The van der Waals surface area contributed by atoms with Crippen LogP contribution in [0, 0.1) is 20.8 Å². The quantitative estimate of drug-likeness (QED) is 0.568. The van der Waals surface area contributed by atoms with Gasteiger partial charge in [0.2, 0.25) is 11.1 Å². The fourth-order valence-electron chi connectivity index (χ4n) is 3.55. The topological polar surface area (TPSA) is 81.1 Å². The molecule has 0 bridgehead atoms. The van der Waals surface area contributed by atoms with Crippen molar-refractivity contribution < 1.29 is 9.53 Å². The molecule has 0 fully saturated rings. The molecule has 0 unspecified atom stereocenters. The first-order chi connectivity index (χ1) is 14.4. The van der Waals surface area contributed by atoms with Crippen molar-refractivity contribution in [3.05, 3.63) is 63.4 Å². The van der Waals surface area contributed by atoms with Crippen molar-refractivity contribution in [2.45, 2.75) is 37.2 Å². The highest BCUT2D eigenvalue weighted by molar-refractivity contribution is 9.10. The summed E-state index contributed by atoms with van der Waals surface area (Å²) >= 11 is 4.95. The molecule has 2 N–H and O–H groups in total. The van der Waals surface area contributed by atoms with Gasteiger partial charge in [-0.2, -0.15) is 0 Å². The Morgan fingerprint density at radius 2 is 1.90 bits per heavy atom. The lowest BCUT2D eigenvalue weighted by Crippen LogP contribution is -2.41. The first kappa shape index (κ1) is 20.7. The van der Waals surface area contributed by atoms with E-state index in [0.717, 1.165) is 38.4 Å². The third-order valence-electron chi connectivity index (χ3n) is 4.88. The van der Waals surface area contributed by atoms with E-state index in [1.54, 1.807) is 7.11 Å². The van der Waals surface area contributed by atoms with E-state index in [1.807, 2.05) is 55.8 Å². The molecule has 9 heteroatoms. The lowest BCUT2D eigenvalue weighted by atomic mass is 10.0. The molecule has 156 valence electrons. The van der Waals surface area contributed by atoms with Crippen LogP contribution in [0.15, 0.2) is 46.0 Å². The molecule has 2 aromatic carbocycles. The van der Waals surface area contributed by atoms with E-state index < -0.39 is 5.25 Å². The van der Waals surface area contributed by atoms with Crippen LogP contribution in [-0.4, -0.2) is 33.1 Å². The molecule has 4 rings (SSSR count). The van der Waals surface area contributed by atoms with Gasteiger partial charge >= 0.3 is 0 Å². The number of nitrogens with one attached hydrogen (secondary N) is 2. The molecule has 1 amide bonds. The van der Waals surface area contributed by atoms with E-state index in [0.29, 0.717) is 5.16 Å². The maximum absolute atomic E-state index is 13.3. The Morgan fingerprint density at radius 1 is 1.17 bits per heavy atom. The first-order valence-corrected chi connectivity index (χ1v) is 11.1. The van der Waals surface area contributed by atoms with Gasteiger partial charge in [0, 0.05) is 5.69 Å². The van der Waals surface area contributed by atoms with Crippen LogP contribution in [0.25, 0.3) is 0 Å². The molecule has 1 aliphatic rings. The molecule has 0 saturated heterocycles. The zero-order valence-electron chi connectivity index (χ0n) is 17.1. The predicted octanol–water partition coefficient (Wildman–Crippen LogP) is 4.37. The summed E-state index contributed by atoms with van der Waals surface area (Å²) in [6, 6.07) is 11.6. The van der Waals surface area contributed by atoms with Gasteiger partial charge in [-0.15, -0.1) is 10.2 Å². The van der Waals surface area contributed by atoms with Gasteiger partial charge < -0.3 is 15.5 Å². The number of carbonyl (C=O) groups is 1. The maximum Gasteiger partial charge on any atom is 0.240 e. The van der Waals surface area contributed by atoms with Crippen LogP contribution in [0.4, 0.5) is 5.69 Å². The van der Waals surface area contributed by atoms with E-state index in [-0.39, 0.29) is 11.9 Å². The standard InChI is InChI=1S/C21H22BrN5O2S/c1-11-7-12(2)9-15(8-11)23-20(28)19-18(14-5-6-17(29-4)16(22)10-14)26-27-13(3)24-25-21(27)30-19/h5-10,18-19,26H,1-4H3,(H,23,28)/t18-,19-/m0/s1. The van der Waals surface area contributed by atoms with E-state index in [1.165, 1.54) is 11.8 Å². The minimum atomic E-state index is -0.442. The third kappa shape index (κ3) is 4.04. The number of aryl methyl sites for hydroxylation is 3. The van der Waals surface area contributed by atoms with Gasteiger partial charge in [0.05, 0.1) is 17.6 Å². The van der Waals surface area contributed by atoms with Gasteiger partial charge in [0.15, 0.2) is 0 Å².